The highest BCUT2D eigenvalue weighted by Crippen LogP contribution is 2.23. The topological polar surface area (TPSA) is 116 Å². The Morgan fingerprint density at radius 3 is 2.90 bits per heavy atom. The average Bonchev–Trinajstić information content (AvgIpc) is 3.05. The van der Waals surface area contributed by atoms with E-state index in [1.165, 1.54) is 13.3 Å². The number of esters is 2. The molecule has 10 heteroatoms. The maximum absolute atomic E-state index is 11.7. The maximum Gasteiger partial charge on any atom is 0.331 e. The molecule has 0 aliphatic carbocycles. The summed E-state index contributed by atoms with van der Waals surface area (Å²) in [5, 5.41) is 10.6. The van der Waals surface area contributed by atoms with Crippen molar-refractivity contribution in [2.75, 3.05) is 20.3 Å². The first kappa shape index (κ1) is 22.2. The Hall–Kier alpha value is -3.14. The quantitative estimate of drug-likeness (QED) is 0.214. The van der Waals surface area contributed by atoms with E-state index in [0.29, 0.717) is 31.8 Å². The van der Waals surface area contributed by atoms with Crippen LogP contribution in [-0.4, -0.2) is 49.6 Å². The van der Waals surface area contributed by atoms with Crippen molar-refractivity contribution >= 4 is 41.0 Å². The Bertz CT molecular complexity index is 850. The van der Waals surface area contributed by atoms with E-state index in [-0.39, 0.29) is 16.0 Å². The lowest BCUT2D eigenvalue weighted by Gasteiger charge is -2.06. The molecule has 1 aromatic carbocycles. The summed E-state index contributed by atoms with van der Waals surface area (Å²) in [5.41, 5.74) is 0.747. The Morgan fingerprint density at radius 1 is 1.31 bits per heavy atom. The summed E-state index contributed by atoms with van der Waals surface area (Å²) in [4.78, 5) is 34.4. The number of amides is 1. The number of thioether (sulfide) groups is 1. The van der Waals surface area contributed by atoms with Gasteiger partial charge in [0.15, 0.2) is 5.17 Å². The minimum Gasteiger partial charge on any atom is -0.494 e. The standard InChI is InChI=1S/C19H21N3O6S/c1-3-27-16(23)8-5-9-28-14-7-4-6-13(10-14)12-20-22-19-21-18(25)15(29-19)11-17(24)26-2/h4,6-7,10-12H,3,5,8-9H2,1-2H3,(H,21,22,25)/b15-11+,20-12?. The van der Waals surface area contributed by atoms with Crippen molar-refractivity contribution in [1.29, 1.82) is 0 Å². The lowest BCUT2D eigenvalue weighted by molar-refractivity contribution is -0.143. The van der Waals surface area contributed by atoms with Gasteiger partial charge in [0, 0.05) is 12.5 Å². The zero-order valence-corrected chi connectivity index (χ0v) is 16.9. The minimum atomic E-state index is -0.619. The first-order chi connectivity index (χ1) is 14.0. The Labute approximate surface area is 172 Å². The zero-order chi connectivity index (χ0) is 21.1. The normalized spacial score (nSPS) is 16.3. The molecule has 0 aromatic heterocycles. The molecule has 0 atom stereocenters. The van der Waals surface area contributed by atoms with Gasteiger partial charge in [-0.25, -0.2) is 4.79 Å². The van der Waals surface area contributed by atoms with E-state index in [9.17, 15) is 14.4 Å². The Morgan fingerprint density at radius 2 is 2.14 bits per heavy atom. The number of carbonyl (C=O) groups is 3. The molecule has 1 fully saturated rings. The van der Waals surface area contributed by atoms with Crippen LogP contribution < -0.4 is 10.1 Å². The van der Waals surface area contributed by atoms with Gasteiger partial charge in [-0.3, -0.25) is 14.9 Å². The van der Waals surface area contributed by atoms with Gasteiger partial charge >= 0.3 is 11.9 Å². The zero-order valence-electron chi connectivity index (χ0n) is 16.0. The highest BCUT2D eigenvalue weighted by molar-refractivity contribution is 8.18. The Balaban J connectivity index is 1.87. The van der Waals surface area contributed by atoms with Crippen LogP contribution in [0.2, 0.25) is 0 Å². The van der Waals surface area contributed by atoms with Gasteiger partial charge in [0.25, 0.3) is 5.91 Å². The number of hydrogen-bond acceptors (Lipinski definition) is 9. The van der Waals surface area contributed by atoms with Crippen LogP contribution in [-0.2, 0) is 23.9 Å². The van der Waals surface area contributed by atoms with Gasteiger partial charge in [0.1, 0.15) is 5.75 Å². The van der Waals surface area contributed by atoms with Gasteiger partial charge in [0.05, 0.1) is 31.4 Å². The molecule has 1 aromatic rings. The fourth-order valence-electron chi connectivity index (χ4n) is 2.11. The van der Waals surface area contributed by atoms with Crippen LogP contribution in [0.4, 0.5) is 0 Å². The molecule has 2 rings (SSSR count). The molecule has 0 bridgehead atoms. The van der Waals surface area contributed by atoms with Gasteiger partial charge in [-0.15, -0.1) is 5.10 Å². The number of hydrogen-bond donors (Lipinski definition) is 1. The van der Waals surface area contributed by atoms with Crippen molar-refractivity contribution in [2.45, 2.75) is 19.8 Å². The van der Waals surface area contributed by atoms with Crippen LogP contribution >= 0.6 is 11.8 Å². The van der Waals surface area contributed by atoms with E-state index in [0.717, 1.165) is 23.4 Å². The van der Waals surface area contributed by atoms with Crippen LogP contribution in [0, 0.1) is 0 Å². The fourth-order valence-corrected chi connectivity index (χ4v) is 2.85. The third-order valence-electron chi connectivity index (χ3n) is 3.41. The largest absolute Gasteiger partial charge is 0.494 e. The fraction of sp³-hybridized carbons (Fsp3) is 0.316. The molecule has 1 aliphatic rings. The number of carbonyl (C=O) groups excluding carboxylic acids is 3. The van der Waals surface area contributed by atoms with Crippen molar-refractivity contribution in [1.82, 2.24) is 5.32 Å². The number of amidine groups is 1. The monoisotopic (exact) mass is 419 g/mol. The molecule has 1 amide bonds. The molecule has 1 aliphatic heterocycles. The van der Waals surface area contributed by atoms with Crippen molar-refractivity contribution in [3.8, 4) is 5.75 Å². The summed E-state index contributed by atoms with van der Waals surface area (Å²) in [6, 6.07) is 7.19. The molecule has 0 unspecified atom stereocenters. The minimum absolute atomic E-state index is 0.184. The third kappa shape index (κ3) is 7.78. The highest BCUT2D eigenvalue weighted by Gasteiger charge is 2.24. The smallest absolute Gasteiger partial charge is 0.331 e. The lowest BCUT2D eigenvalue weighted by atomic mass is 10.2. The molecular formula is C19H21N3O6S. The van der Waals surface area contributed by atoms with Crippen molar-refractivity contribution in [2.24, 2.45) is 10.2 Å². The number of benzene rings is 1. The van der Waals surface area contributed by atoms with Crippen molar-refractivity contribution < 1.29 is 28.6 Å². The van der Waals surface area contributed by atoms with E-state index in [1.54, 1.807) is 25.1 Å². The number of methoxy groups -OCH3 is 1. The number of ether oxygens (including phenoxy) is 3. The van der Waals surface area contributed by atoms with E-state index in [4.69, 9.17) is 9.47 Å². The average molecular weight is 419 g/mol. The molecule has 1 N–H and O–H groups in total. The summed E-state index contributed by atoms with van der Waals surface area (Å²) in [6.07, 6.45) is 3.47. The number of rotatable bonds is 9. The van der Waals surface area contributed by atoms with Gasteiger partial charge < -0.3 is 14.2 Å². The molecule has 0 spiro atoms. The molecular weight excluding hydrogens is 398 g/mol. The molecule has 1 heterocycles. The van der Waals surface area contributed by atoms with Crippen LogP contribution in [0.15, 0.2) is 45.4 Å². The molecule has 9 nitrogen and oxygen atoms in total. The van der Waals surface area contributed by atoms with Crippen LogP contribution in [0.3, 0.4) is 0 Å². The predicted octanol–water partition coefficient (Wildman–Crippen LogP) is 2.02. The second kappa shape index (κ2) is 11.6. The maximum atomic E-state index is 11.7. The van der Waals surface area contributed by atoms with Crippen molar-refractivity contribution in [3.63, 3.8) is 0 Å². The van der Waals surface area contributed by atoms with E-state index < -0.39 is 11.9 Å². The number of nitrogens with one attached hydrogen (secondary N) is 1. The molecule has 1 saturated heterocycles. The molecule has 0 saturated carbocycles. The van der Waals surface area contributed by atoms with Gasteiger partial charge in [0.2, 0.25) is 0 Å². The Kier molecular flexibility index (Phi) is 8.90. The van der Waals surface area contributed by atoms with E-state index in [1.807, 2.05) is 6.07 Å². The van der Waals surface area contributed by atoms with Crippen LogP contribution in [0.5, 0.6) is 5.75 Å². The summed E-state index contributed by atoms with van der Waals surface area (Å²) in [5.74, 6) is -0.658. The molecule has 29 heavy (non-hydrogen) atoms. The van der Waals surface area contributed by atoms with Crippen LogP contribution in [0.1, 0.15) is 25.3 Å². The van der Waals surface area contributed by atoms with Gasteiger partial charge in [-0.05, 0) is 42.8 Å². The third-order valence-corrected chi connectivity index (χ3v) is 4.31. The predicted molar refractivity (Wildman–Crippen MR) is 109 cm³/mol. The molecule has 0 radical (unpaired) electrons. The second-order valence-corrected chi connectivity index (χ2v) is 6.60. The first-order valence-electron chi connectivity index (χ1n) is 8.80. The highest BCUT2D eigenvalue weighted by atomic mass is 32.2. The van der Waals surface area contributed by atoms with E-state index in [2.05, 4.69) is 20.3 Å². The number of nitrogens with zero attached hydrogens (tertiary/aromatic N) is 2. The SMILES string of the molecule is CCOC(=O)CCCOc1cccc(C=N/N=C2/NC(=O)/C(=C\C(=O)OC)S2)c1. The van der Waals surface area contributed by atoms with Crippen LogP contribution in [0.25, 0.3) is 0 Å². The van der Waals surface area contributed by atoms with Gasteiger partial charge in [-0.1, -0.05) is 12.1 Å². The first-order valence-corrected chi connectivity index (χ1v) is 9.61. The van der Waals surface area contributed by atoms with Crippen molar-refractivity contribution in [3.05, 3.63) is 40.8 Å². The summed E-state index contributed by atoms with van der Waals surface area (Å²) in [6.45, 7) is 2.53. The van der Waals surface area contributed by atoms with Gasteiger partial charge in [-0.2, -0.15) is 5.10 Å². The lowest BCUT2D eigenvalue weighted by Crippen LogP contribution is -2.19. The summed E-state index contributed by atoms with van der Waals surface area (Å²) < 4.78 is 15.0. The van der Waals surface area contributed by atoms with E-state index >= 15 is 0 Å². The summed E-state index contributed by atoms with van der Waals surface area (Å²) in [7, 11) is 1.23. The summed E-state index contributed by atoms with van der Waals surface area (Å²) >= 11 is 0.993. The molecule has 154 valence electrons. The second-order valence-electron chi connectivity index (χ2n) is 5.57.